The van der Waals surface area contributed by atoms with Crippen molar-refractivity contribution in [2.75, 3.05) is 0 Å². The molecule has 0 bridgehead atoms. The number of hydrogen-bond acceptors (Lipinski definition) is 3. The van der Waals surface area contributed by atoms with Crippen LogP contribution in [-0.2, 0) is 12.0 Å². The molecular formula is C15H16F2N2OS. The highest BCUT2D eigenvalue weighted by molar-refractivity contribution is 7.09. The van der Waals surface area contributed by atoms with E-state index in [1.165, 1.54) is 11.3 Å². The van der Waals surface area contributed by atoms with Gasteiger partial charge in [-0.3, -0.25) is 4.79 Å². The monoisotopic (exact) mass is 310 g/mol. The van der Waals surface area contributed by atoms with E-state index in [4.69, 9.17) is 0 Å². The van der Waals surface area contributed by atoms with Gasteiger partial charge in [0.25, 0.3) is 5.91 Å². The van der Waals surface area contributed by atoms with Crippen LogP contribution in [0.5, 0.6) is 0 Å². The highest BCUT2D eigenvalue weighted by atomic mass is 32.1. The van der Waals surface area contributed by atoms with Gasteiger partial charge in [0.15, 0.2) is 0 Å². The van der Waals surface area contributed by atoms with Crippen LogP contribution in [0.4, 0.5) is 8.78 Å². The number of carbonyl (C=O) groups excluding carboxylic acids is 1. The van der Waals surface area contributed by atoms with Gasteiger partial charge in [0.05, 0.1) is 17.8 Å². The molecule has 1 amide bonds. The van der Waals surface area contributed by atoms with Gasteiger partial charge in [-0.2, -0.15) is 0 Å². The van der Waals surface area contributed by atoms with Crippen molar-refractivity contribution in [3.63, 3.8) is 0 Å². The van der Waals surface area contributed by atoms with Gasteiger partial charge in [-0.15, -0.1) is 11.3 Å². The Kier molecular flexibility index (Phi) is 4.37. The van der Waals surface area contributed by atoms with Crippen LogP contribution >= 0.6 is 11.3 Å². The predicted octanol–water partition coefficient (Wildman–Crippen LogP) is 3.65. The fourth-order valence-corrected chi connectivity index (χ4v) is 2.62. The molecule has 0 unspecified atom stereocenters. The smallest absolute Gasteiger partial charge is 0.254 e. The van der Waals surface area contributed by atoms with Crippen molar-refractivity contribution in [3.05, 3.63) is 51.5 Å². The molecule has 0 aliphatic heterocycles. The van der Waals surface area contributed by atoms with Crippen molar-refractivity contribution < 1.29 is 13.6 Å². The van der Waals surface area contributed by atoms with Crippen LogP contribution < -0.4 is 5.32 Å². The average Bonchev–Trinajstić information content (AvgIpc) is 2.87. The molecule has 21 heavy (non-hydrogen) atoms. The van der Waals surface area contributed by atoms with Crippen molar-refractivity contribution in [2.45, 2.75) is 32.7 Å². The first-order valence-corrected chi connectivity index (χ1v) is 7.33. The molecule has 112 valence electrons. The molecular weight excluding hydrogens is 294 g/mol. The predicted molar refractivity (Wildman–Crippen MR) is 78.3 cm³/mol. The third kappa shape index (κ3) is 3.85. The number of rotatable bonds is 3. The van der Waals surface area contributed by atoms with E-state index in [-0.39, 0.29) is 17.5 Å². The van der Waals surface area contributed by atoms with Crippen molar-refractivity contribution in [2.24, 2.45) is 0 Å². The van der Waals surface area contributed by atoms with Gasteiger partial charge in [0, 0.05) is 10.8 Å². The number of nitrogens with one attached hydrogen (secondary N) is 1. The number of hydrogen-bond donors (Lipinski definition) is 1. The molecule has 0 aliphatic rings. The Bertz CT molecular complexity index is 662. The molecule has 0 saturated carbocycles. The van der Waals surface area contributed by atoms with Crippen LogP contribution in [0.25, 0.3) is 0 Å². The largest absolute Gasteiger partial charge is 0.345 e. The second-order valence-corrected chi connectivity index (χ2v) is 6.63. The third-order valence-corrected chi connectivity index (χ3v) is 3.74. The van der Waals surface area contributed by atoms with Crippen molar-refractivity contribution in [1.82, 2.24) is 10.3 Å². The molecule has 0 spiro atoms. The first-order chi connectivity index (χ1) is 9.77. The molecule has 1 N–H and O–H groups in total. The molecule has 0 atom stereocenters. The van der Waals surface area contributed by atoms with E-state index >= 15 is 0 Å². The Balaban J connectivity index is 2.04. The van der Waals surface area contributed by atoms with Gasteiger partial charge in [-0.25, -0.2) is 13.8 Å². The summed E-state index contributed by atoms with van der Waals surface area (Å²) in [6.07, 6.45) is 0. The van der Waals surface area contributed by atoms with Crippen LogP contribution in [0, 0.1) is 11.6 Å². The van der Waals surface area contributed by atoms with E-state index in [9.17, 15) is 13.6 Å². The molecule has 0 fully saturated rings. The van der Waals surface area contributed by atoms with E-state index in [1.807, 2.05) is 26.2 Å². The molecule has 1 heterocycles. The van der Waals surface area contributed by atoms with E-state index < -0.39 is 17.5 Å². The molecule has 2 aromatic rings. The zero-order valence-corrected chi connectivity index (χ0v) is 12.9. The van der Waals surface area contributed by atoms with Gasteiger partial charge >= 0.3 is 0 Å². The van der Waals surface area contributed by atoms with Crippen LogP contribution in [-0.4, -0.2) is 10.9 Å². The summed E-state index contributed by atoms with van der Waals surface area (Å²) in [6.45, 7) is 6.33. The summed E-state index contributed by atoms with van der Waals surface area (Å²) in [4.78, 5) is 16.3. The zero-order valence-electron chi connectivity index (χ0n) is 12.0. The Labute approximate surface area is 126 Å². The molecule has 0 saturated heterocycles. The minimum atomic E-state index is -0.747. The summed E-state index contributed by atoms with van der Waals surface area (Å²) < 4.78 is 26.5. The molecule has 6 heteroatoms. The standard InChI is InChI=1S/C15H16F2N2OS/c1-15(2,3)12-8-21-13(19-12)7-18-14(20)10-6-9(16)4-5-11(10)17/h4-6,8H,7H2,1-3H3,(H,18,20). The SMILES string of the molecule is CC(C)(C)c1csc(CNC(=O)c2cc(F)ccc2F)n1. The minimum Gasteiger partial charge on any atom is -0.345 e. The van der Waals surface area contributed by atoms with E-state index in [1.54, 1.807) is 0 Å². The van der Waals surface area contributed by atoms with E-state index in [0.717, 1.165) is 28.9 Å². The molecule has 0 radical (unpaired) electrons. The molecule has 1 aromatic heterocycles. The summed E-state index contributed by atoms with van der Waals surface area (Å²) in [5.74, 6) is -2.05. The lowest BCUT2D eigenvalue weighted by Gasteiger charge is -2.14. The number of carbonyl (C=O) groups is 1. The lowest BCUT2D eigenvalue weighted by atomic mass is 9.93. The third-order valence-electron chi connectivity index (χ3n) is 2.89. The second kappa shape index (κ2) is 5.89. The average molecular weight is 310 g/mol. The second-order valence-electron chi connectivity index (χ2n) is 5.68. The van der Waals surface area contributed by atoms with Crippen molar-refractivity contribution >= 4 is 17.2 Å². The van der Waals surface area contributed by atoms with E-state index in [2.05, 4.69) is 10.3 Å². The summed E-state index contributed by atoms with van der Waals surface area (Å²) in [7, 11) is 0. The quantitative estimate of drug-likeness (QED) is 0.940. The van der Waals surface area contributed by atoms with Crippen LogP contribution in [0.15, 0.2) is 23.6 Å². The van der Waals surface area contributed by atoms with Crippen LogP contribution in [0.3, 0.4) is 0 Å². The highest BCUT2D eigenvalue weighted by Crippen LogP contribution is 2.23. The number of benzene rings is 1. The summed E-state index contributed by atoms with van der Waals surface area (Å²) >= 11 is 1.43. The first-order valence-electron chi connectivity index (χ1n) is 6.45. The fraction of sp³-hybridized carbons (Fsp3) is 0.333. The van der Waals surface area contributed by atoms with Gasteiger partial charge in [-0.05, 0) is 18.2 Å². The minimum absolute atomic E-state index is 0.0621. The zero-order chi connectivity index (χ0) is 15.6. The van der Waals surface area contributed by atoms with Crippen molar-refractivity contribution in [3.8, 4) is 0 Å². The topological polar surface area (TPSA) is 42.0 Å². The Hall–Kier alpha value is -1.82. The van der Waals surface area contributed by atoms with Gasteiger partial charge in [0.2, 0.25) is 0 Å². The summed E-state index contributed by atoms with van der Waals surface area (Å²) in [6, 6.07) is 2.79. The lowest BCUT2D eigenvalue weighted by molar-refractivity contribution is 0.0946. The van der Waals surface area contributed by atoms with Crippen LogP contribution in [0.1, 0.15) is 41.8 Å². The Morgan fingerprint density at radius 1 is 1.33 bits per heavy atom. The maximum atomic E-state index is 13.5. The van der Waals surface area contributed by atoms with Gasteiger partial charge in [-0.1, -0.05) is 20.8 Å². The maximum absolute atomic E-state index is 13.5. The summed E-state index contributed by atoms with van der Waals surface area (Å²) in [5.41, 5.74) is 0.573. The number of aromatic nitrogens is 1. The van der Waals surface area contributed by atoms with Gasteiger partial charge < -0.3 is 5.32 Å². The number of nitrogens with zero attached hydrogens (tertiary/aromatic N) is 1. The van der Waals surface area contributed by atoms with Gasteiger partial charge in [0.1, 0.15) is 16.6 Å². The summed E-state index contributed by atoms with van der Waals surface area (Å²) in [5, 5.41) is 5.21. The Morgan fingerprint density at radius 3 is 2.67 bits per heavy atom. The fourth-order valence-electron chi connectivity index (χ4n) is 1.66. The number of thiazole rings is 1. The molecule has 1 aromatic carbocycles. The van der Waals surface area contributed by atoms with Crippen LogP contribution in [0.2, 0.25) is 0 Å². The molecule has 0 aliphatic carbocycles. The lowest BCUT2D eigenvalue weighted by Crippen LogP contribution is -2.24. The normalized spacial score (nSPS) is 11.5. The maximum Gasteiger partial charge on any atom is 0.254 e. The number of halogens is 2. The molecule has 2 rings (SSSR count). The van der Waals surface area contributed by atoms with E-state index in [0.29, 0.717) is 0 Å². The number of amides is 1. The molecule has 3 nitrogen and oxygen atoms in total. The Morgan fingerprint density at radius 2 is 2.05 bits per heavy atom. The van der Waals surface area contributed by atoms with Crippen molar-refractivity contribution in [1.29, 1.82) is 0 Å². The highest BCUT2D eigenvalue weighted by Gasteiger charge is 2.18. The first kappa shape index (κ1) is 15.6.